The third kappa shape index (κ3) is 2.03. The topological polar surface area (TPSA) is 24.5 Å². The number of ether oxygens (including phenoxy) is 1. The smallest absolute Gasteiger partial charge is 0.0855 e. The molecule has 2 unspecified atom stereocenters. The predicted octanol–water partition coefficient (Wildman–Crippen LogP) is 0.457. The first-order valence-corrected chi connectivity index (χ1v) is 5.36. The van der Waals surface area contributed by atoms with E-state index in [1.165, 1.54) is 13.0 Å². The third-order valence-corrected chi connectivity index (χ3v) is 3.16. The van der Waals surface area contributed by atoms with Crippen molar-refractivity contribution >= 4 is 0 Å². The molecule has 2 aliphatic rings. The lowest BCUT2D eigenvalue weighted by Gasteiger charge is -2.43. The molecule has 0 aliphatic carbocycles. The first-order valence-electron chi connectivity index (χ1n) is 5.36. The molecule has 2 fully saturated rings. The molecule has 2 atom stereocenters. The summed E-state index contributed by atoms with van der Waals surface area (Å²) in [5.41, 5.74) is 0. The van der Waals surface area contributed by atoms with Crippen LogP contribution in [0.2, 0.25) is 0 Å². The minimum absolute atomic E-state index is 0.435. The number of nitrogens with one attached hydrogen (secondary N) is 1. The van der Waals surface area contributed by atoms with E-state index < -0.39 is 0 Å². The molecule has 2 saturated heterocycles. The molecular weight excluding hydrogens is 164 g/mol. The van der Waals surface area contributed by atoms with Crippen LogP contribution in [0.25, 0.3) is 0 Å². The average molecular weight is 184 g/mol. The lowest BCUT2D eigenvalue weighted by Crippen LogP contribution is -2.58. The Morgan fingerprint density at radius 2 is 2.31 bits per heavy atom. The molecule has 0 aromatic heterocycles. The standard InChI is InChI=1S/C10H20N2O/c1-8(2)12-5-3-9-10(7-12)13-6-4-11-9/h8-11H,3-7H2,1-2H3. The molecule has 3 heteroatoms. The largest absolute Gasteiger partial charge is 0.374 e. The second kappa shape index (κ2) is 3.95. The van der Waals surface area contributed by atoms with Gasteiger partial charge in [-0.15, -0.1) is 0 Å². The highest BCUT2D eigenvalue weighted by atomic mass is 16.5. The van der Waals surface area contributed by atoms with Gasteiger partial charge in [-0.25, -0.2) is 0 Å². The fourth-order valence-electron chi connectivity index (χ4n) is 2.27. The van der Waals surface area contributed by atoms with Gasteiger partial charge in [0.1, 0.15) is 0 Å². The fraction of sp³-hybridized carbons (Fsp3) is 1.00. The van der Waals surface area contributed by atoms with Gasteiger partial charge in [0.2, 0.25) is 0 Å². The van der Waals surface area contributed by atoms with E-state index in [-0.39, 0.29) is 0 Å². The van der Waals surface area contributed by atoms with Crippen LogP contribution >= 0.6 is 0 Å². The first kappa shape index (κ1) is 9.44. The Morgan fingerprint density at radius 3 is 3.08 bits per heavy atom. The molecule has 2 heterocycles. The Labute approximate surface area is 80.4 Å². The number of rotatable bonds is 1. The molecule has 0 aromatic rings. The summed E-state index contributed by atoms with van der Waals surface area (Å²) >= 11 is 0. The lowest BCUT2D eigenvalue weighted by atomic mass is 9.99. The quantitative estimate of drug-likeness (QED) is 0.640. The van der Waals surface area contributed by atoms with Gasteiger partial charge in [-0.3, -0.25) is 4.90 Å². The molecule has 13 heavy (non-hydrogen) atoms. The maximum absolute atomic E-state index is 5.76. The highest BCUT2D eigenvalue weighted by Crippen LogP contribution is 2.18. The van der Waals surface area contributed by atoms with Crippen molar-refractivity contribution in [3.8, 4) is 0 Å². The van der Waals surface area contributed by atoms with Crippen LogP contribution in [0.1, 0.15) is 20.3 Å². The minimum atomic E-state index is 0.435. The van der Waals surface area contributed by atoms with Gasteiger partial charge < -0.3 is 10.1 Å². The van der Waals surface area contributed by atoms with Crippen LogP contribution in [-0.4, -0.2) is 49.3 Å². The van der Waals surface area contributed by atoms with Crippen molar-refractivity contribution in [3.63, 3.8) is 0 Å². The fourth-order valence-corrected chi connectivity index (χ4v) is 2.27. The van der Waals surface area contributed by atoms with Gasteiger partial charge >= 0.3 is 0 Å². The van der Waals surface area contributed by atoms with E-state index in [0.717, 1.165) is 19.7 Å². The summed E-state index contributed by atoms with van der Waals surface area (Å²) in [4.78, 5) is 2.51. The number of piperidine rings is 1. The predicted molar refractivity (Wildman–Crippen MR) is 52.9 cm³/mol. The monoisotopic (exact) mass is 184 g/mol. The van der Waals surface area contributed by atoms with Crippen molar-refractivity contribution in [2.45, 2.75) is 38.5 Å². The Morgan fingerprint density at radius 1 is 1.46 bits per heavy atom. The second-order valence-corrected chi connectivity index (χ2v) is 4.35. The maximum Gasteiger partial charge on any atom is 0.0855 e. The van der Waals surface area contributed by atoms with Gasteiger partial charge in [-0.1, -0.05) is 0 Å². The molecule has 1 N–H and O–H groups in total. The first-order chi connectivity index (χ1) is 6.27. The maximum atomic E-state index is 5.76. The number of hydrogen-bond donors (Lipinski definition) is 1. The zero-order valence-electron chi connectivity index (χ0n) is 8.62. The van der Waals surface area contributed by atoms with Gasteiger partial charge in [-0.2, -0.15) is 0 Å². The molecule has 0 bridgehead atoms. The van der Waals surface area contributed by atoms with Crippen LogP contribution < -0.4 is 5.32 Å². The van der Waals surface area contributed by atoms with Gasteiger partial charge in [0.05, 0.1) is 12.7 Å². The van der Waals surface area contributed by atoms with Crippen LogP contribution in [0.5, 0.6) is 0 Å². The van der Waals surface area contributed by atoms with Gasteiger partial charge in [0.25, 0.3) is 0 Å². The normalized spacial score (nSPS) is 36.2. The van der Waals surface area contributed by atoms with Crippen molar-refractivity contribution < 1.29 is 4.74 Å². The van der Waals surface area contributed by atoms with E-state index in [2.05, 4.69) is 24.1 Å². The van der Waals surface area contributed by atoms with Crippen LogP contribution in [0.4, 0.5) is 0 Å². The van der Waals surface area contributed by atoms with Gasteiger partial charge in [0, 0.05) is 31.7 Å². The summed E-state index contributed by atoms with van der Waals surface area (Å²) in [7, 11) is 0. The zero-order chi connectivity index (χ0) is 9.26. The molecular formula is C10H20N2O. The number of nitrogens with zero attached hydrogens (tertiary/aromatic N) is 1. The average Bonchev–Trinajstić information content (AvgIpc) is 2.17. The Kier molecular flexibility index (Phi) is 2.86. The summed E-state index contributed by atoms with van der Waals surface area (Å²) in [5.74, 6) is 0. The van der Waals surface area contributed by atoms with Crippen LogP contribution in [-0.2, 0) is 4.74 Å². The Balaban J connectivity index is 1.91. The highest BCUT2D eigenvalue weighted by molar-refractivity contribution is 4.89. The molecule has 76 valence electrons. The third-order valence-electron chi connectivity index (χ3n) is 3.16. The van der Waals surface area contributed by atoms with E-state index in [4.69, 9.17) is 4.74 Å². The summed E-state index contributed by atoms with van der Waals surface area (Å²) < 4.78 is 5.76. The van der Waals surface area contributed by atoms with E-state index in [1.54, 1.807) is 0 Å². The van der Waals surface area contributed by atoms with Crippen molar-refractivity contribution in [1.29, 1.82) is 0 Å². The van der Waals surface area contributed by atoms with E-state index in [0.29, 0.717) is 18.2 Å². The van der Waals surface area contributed by atoms with Crippen molar-refractivity contribution in [1.82, 2.24) is 10.2 Å². The number of fused-ring (bicyclic) bond motifs is 1. The molecule has 0 aromatic carbocycles. The van der Waals surface area contributed by atoms with Crippen LogP contribution in [0, 0.1) is 0 Å². The van der Waals surface area contributed by atoms with E-state index in [1.807, 2.05) is 0 Å². The second-order valence-electron chi connectivity index (χ2n) is 4.35. The van der Waals surface area contributed by atoms with Crippen molar-refractivity contribution in [2.75, 3.05) is 26.2 Å². The van der Waals surface area contributed by atoms with E-state index >= 15 is 0 Å². The zero-order valence-corrected chi connectivity index (χ0v) is 8.62. The molecule has 3 nitrogen and oxygen atoms in total. The Hall–Kier alpha value is -0.120. The molecule has 0 saturated carbocycles. The number of likely N-dealkylation sites (tertiary alicyclic amines) is 1. The van der Waals surface area contributed by atoms with Crippen LogP contribution in [0.3, 0.4) is 0 Å². The number of hydrogen-bond acceptors (Lipinski definition) is 3. The SMILES string of the molecule is CC(C)N1CCC2NCCOC2C1. The Bertz CT molecular complexity index is 172. The molecule has 0 amide bonds. The van der Waals surface area contributed by atoms with E-state index in [9.17, 15) is 0 Å². The highest BCUT2D eigenvalue weighted by Gasteiger charge is 2.32. The van der Waals surface area contributed by atoms with Crippen LogP contribution in [0.15, 0.2) is 0 Å². The summed E-state index contributed by atoms with van der Waals surface area (Å²) in [6.45, 7) is 8.76. The molecule has 2 aliphatic heterocycles. The lowest BCUT2D eigenvalue weighted by molar-refractivity contribution is -0.0533. The molecule has 0 radical (unpaired) electrons. The number of morpholine rings is 1. The summed E-state index contributed by atoms with van der Waals surface area (Å²) in [6.07, 6.45) is 1.67. The summed E-state index contributed by atoms with van der Waals surface area (Å²) in [6, 6.07) is 1.27. The van der Waals surface area contributed by atoms with Gasteiger partial charge in [-0.05, 0) is 20.3 Å². The van der Waals surface area contributed by atoms with Gasteiger partial charge in [0.15, 0.2) is 0 Å². The van der Waals surface area contributed by atoms with Crippen molar-refractivity contribution in [3.05, 3.63) is 0 Å². The minimum Gasteiger partial charge on any atom is -0.374 e. The molecule has 2 rings (SSSR count). The molecule has 0 spiro atoms. The van der Waals surface area contributed by atoms with Crippen molar-refractivity contribution in [2.24, 2.45) is 0 Å². The summed E-state index contributed by atoms with van der Waals surface area (Å²) in [5, 5.41) is 3.53.